The third-order valence-electron chi connectivity index (χ3n) is 2.79. The average Bonchev–Trinajstić information content (AvgIpc) is 2.26. The molecule has 0 aromatic heterocycles. The van der Waals surface area contributed by atoms with E-state index in [2.05, 4.69) is 0 Å². The zero-order chi connectivity index (χ0) is 15.8. The van der Waals surface area contributed by atoms with Crippen LogP contribution in [0.1, 0.15) is 18.1 Å². The Morgan fingerprint density at radius 3 is 2.15 bits per heavy atom. The van der Waals surface area contributed by atoms with Gasteiger partial charge in [0.25, 0.3) is 0 Å². The zero-order valence-electron chi connectivity index (χ0n) is 10.3. The number of carbonyl (C=O) groups excluding carboxylic acids is 1. The van der Waals surface area contributed by atoms with Gasteiger partial charge in [-0.05, 0) is 18.6 Å². The van der Waals surface area contributed by atoms with E-state index in [0.717, 1.165) is 18.2 Å². The molecule has 0 radical (unpaired) electrons. The van der Waals surface area contributed by atoms with Gasteiger partial charge in [-0.2, -0.15) is 26.3 Å². The van der Waals surface area contributed by atoms with Crippen LogP contribution in [-0.2, 0) is 17.4 Å². The number of hydrogen-bond acceptors (Lipinski definition) is 2. The zero-order valence-corrected chi connectivity index (χ0v) is 10.3. The molecular formula is C12H11F6NO. The highest BCUT2D eigenvalue weighted by molar-refractivity contribution is 5.90. The number of halogens is 6. The minimum Gasteiger partial charge on any atom is -0.312 e. The van der Waals surface area contributed by atoms with Crippen LogP contribution in [0, 0.1) is 0 Å². The summed E-state index contributed by atoms with van der Waals surface area (Å²) in [6.45, 7) is 0.489. The Labute approximate surface area is 110 Å². The molecule has 0 bridgehead atoms. The van der Waals surface area contributed by atoms with E-state index in [1.54, 1.807) is 0 Å². The lowest BCUT2D eigenvalue weighted by atomic mass is 9.91. The summed E-state index contributed by atoms with van der Waals surface area (Å²) >= 11 is 0. The van der Waals surface area contributed by atoms with Crippen LogP contribution in [0.3, 0.4) is 0 Å². The molecule has 0 fully saturated rings. The second-order valence-electron chi connectivity index (χ2n) is 4.50. The standard InChI is InChI=1S/C12H11F6NO/c1-10(19,12(16,17)18)9(20)6-7-3-2-4-8(5-7)11(13,14)15/h2-5H,6,19H2,1H3. The van der Waals surface area contributed by atoms with Gasteiger partial charge >= 0.3 is 12.4 Å². The molecule has 1 aromatic carbocycles. The van der Waals surface area contributed by atoms with Crippen molar-refractivity contribution in [1.82, 2.24) is 0 Å². The predicted octanol–water partition coefficient (Wildman–Crippen LogP) is 3.10. The molecule has 0 heterocycles. The molecule has 1 unspecified atom stereocenters. The SMILES string of the molecule is CC(N)(C(=O)Cc1cccc(C(F)(F)F)c1)C(F)(F)F. The van der Waals surface area contributed by atoms with E-state index in [0.29, 0.717) is 13.0 Å². The number of ketones is 1. The van der Waals surface area contributed by atoms with Crippen LogP contribution in [0.25, 0.3) is 0 Å². The van der Waals surface area contributed by atoms with Crippen molar-refractivity contribution in [2.45, 2.75) is 31.2 Å². The van der Waals surface area contributed by atoms with E-state index in [9.17, 15) is 31.1 Å². The Hall–Kier alpha value is -1.57. The maximum absolute atomic E-state index is 12.5. The number of nitrogens with two attached hydrogens (primary N) is 1. The van der Waals surface area contributed by atoms with Crippen molar-refractivity contribution in [1.29, 1.82) is 0 Å². The molecule has 2 N–H and O–H groups in total. The van der Waals surface area contributed by atoms with Gasteiger partial charge in [0.1, 0.15) is 0 Å². The molecule has 20 heavy (non-hydrogen) atoms. The average molecular weight is 299 g/mol. The van der Waals surface area contributed by atoms with Gasteiger partial charge in [-0.3, -0.25) is 4.79 Å². The second kappa shape index (κ2) is 5.08. The number of alkyl halides is 6. The molecule has 0 aliphatic rings. The fourth-order valence-corrected chi connectivity index (χ4v) is 1.38. The Morgan fingerprint density at radius 1 is 1.15 bits per heavy atom. The molecule has 0 aliphatic carbocycles. The summed E-state index contributed by atoms with van der Waals surface area (Å²) in [5.41, 5.74) is 0.607. The maximum Gasteiger partial charge on any atom is 0.416 e. The summed E-state index contributed by atoms with van der Waals surface area (Å²) in [6.07, 6.45) is -10.4. The van der Waals surface area contributed by atoms with Crippen molar-refractivity contribution < 1.29 is 31.1 Å². The van der Waals surface area contributed by atoms with Crippen LogP contribution in [0.2, 0.25) is 0 Å². The van der Waals surface area contributed by atoms with Gasteiger partial charge in [0, 0.05) is 6.42 Å². The van der Waals surface area contributed by atoms with Gasteiger partial charge in [-0.1, -0.05) is 18.2 Å². The summed E-state index contributed by atoms with van der Waals surface area (Å²) in [6, 6.07) is 3.55. The molecule has 0 spiro atoms. The third kappa shape index (κ3) is 3.50. The fourth-order valence-electron chi connectivity index (χ4n) is 1.38. The third-order valence-corrected chi connectivity index (χ3v) is 2.79. The van der Waals surface area contributed by atoms with Gasteiger partial charge in [0.15, 0.2) is 11.3 Å². The van der Waals surface area contributed by atoms with Gasteiger partial charge in [0.05, 0.1) is 5.56 Å². The Bertz CT molecular complexity index is 503. The van der Waals surface area contributed by atoms with E-state index in [4.69, 9.17) is 5.73 Å². The molecule has 0 aliphatic heterocycles. The summed E-state index contributed by atoms with van der Waals surface area (Å²) in [5, 5.41) is 0. The number of hydrogen-bond donors (Lipinski definition) is 1. The highest BCUT2D eigenvalue weighted by atomic mass is 19.4. The first-order valence-electron chi connectivity index (χ1n) is 5.41. The highest BCUT2D eigenvalue weighted by Crippen LogP contribution is 2.31. The van der Waals surface area contributed by atoms with Crippen LogP contribution < -0.4 is 5.73 Å². The van der Waals surface area contributed by atoms with Gasteiger partial charge in [-0.25, -0.2) is 0 Å². The van der Waals surface area contributed by atoms with E-state index in [1.807, 2.05) is 0 Å². The summed E-state index contributed by atoms with van der Waals surface area (Å²) in [7, 11) is 0. The van der Waals surface area contributed by atoms with E-state index >= 15 is 0 Å². The quantitative estimate of drug-likeness (QED) is 0.872. The number of carbonyl (C=O) groups is 1. The molecule has 112 valence electrons. The summed E-state index contributed by atoms with van der Waals surface area (Å²) in [5.74, 6) is -1.40. The van der Waals surface area contributed by atoms with Crippen LogP contribution in [0.5, 0.6) is 0 Å². The smallest absolute Gasteiger partial charge is 0.312 e. The fraction of sp³-hybridized carbons (Fsp3) is 0.417. The lowest BCUT2D eigenvalue weighted by Crippen LogP contribution is -2.57. The number of rotatable bonds is 3. The van der Waals surface area contributed by atoms with E-state index in [1.165, 1.54) is 0 Å². The van der Waals surface area contributed by atoms with Crippen LogP contribution in [-0.4, -0.2) is 17.5 Å². The van der Waals surface area contributed by atoms with Gasteiger partial charge in [-0.15, -0.1) is 0 Å². The summed E-state index contributed by atoms with van der Waals surface area (Å²) < 4.78 is 74.9. The van der Waals surface area contributed by atoms with E-state index in [-0.39, 0.29) is 5.56 Å². The molecule has 2 nitrogen and oxygen atoms in total. The predicted molar refractivity (Wildman–Crippen MR) is 58.8 cm³/mol. The molecule has 1 aromatic rings. The van der Waals surface area contributed by atoms with Gasteiger partial charge < -0.3 is 5.73 Å². The molecule has 1 rings (SSSR count). The monoisotopic (exact) mass is 299 g/mol. The molecule has 1 atom stereocenters. The maximum atomic E-state index is 12.5. The highest BCUT2D eigenvalue weighted by Gasteiger charge is 2.53. The Balaban J connectivity index is 2.98. The first kappa shape index (κ1) is 16.5. The van der Waals surface area contributed by atoms with E-state index < -0.39 is 35.7 Å². The lowest BCUT2D eigenvalue weighted by molar-refractivity contribution is -0.185. The van der Waals surface area contributed by atoms with Crippen LogP contribution >= 0.6 is 0 Å². The van der Waals surface area contributed by atoms with Crippen molar-refractivity contribution in [3.8, 4) is 0 Å². The van der Waals surface area contributed by atoms with Gasteiger partial charge in [0.2, 0.25) is 0 Å². The van der Waals surface area contributed by atoms with Crippen LogP contribution in [0.15, 0.2) is 24.3 Å². The van der Waals surface area contributed by atoms with Crippen LogP contribution in [0.4, 0.5) is 26.3 Å². The van der Waals surface area contributed by atoms with Crippen molar-refractivity contribution >= 4 is 5.78 Å². The topological polar surface area (TPSA) is 43.1 Å². The Morgan fingerprint density at radius 2 is 1.70 bits per heavy atom. The lowest BCUT2D eigenvalue weighted by Gasteiger charge is -2.26. The van der Waals surface area contributed by atoms with Crippen molar-refractivity contribution in [2.75, 3.05) is 0 Å². The first-order valence-corrected chi connectivity index (χ1v) is 5.41. The number of Topliss-reactive ketones (excluding diaryl/α,β-unsaturated/α-hetero) is 1. The Kier molecular flexibility index (Phi) is 4.19. The minimum absolute atomic E-state index is 0.175. The van der Waals surface area contributed by atoms with Crippen molar-refractivity contribution in [3.05, 3.63) is 35.4 Å². The first-order chi connectivity index (χ1) is 8.85. The van der Waals surface area contributed by atoms with Crippen molar-refractivity contribution in [2.24, 2.45) is 5.73 Å². The molecule has 0 saturated heterocycles. The molecule has 0 amide bonds. The summed E-state index contributed by atoms with van der Waals surface area (Å²) in [4.78, 5) is 11.5. The van der Waals surface area contributed by atoms with Crippen molar-refractivity contribution in [3.63, 3.8) is 0 Å². The molecular weight excluding hydrogens is 288 g/mol. The normalized spacial score (nSPS) is 15.8. The second-order valence-corrected chi connectivity index (χ2v) is 4.50. The molecule has 0 saturated carbocycles. The number of benzene rings is 1. The molecule has 8 heteroatoms. The largest absolute Gasteiger partial charge is 0.416 e. The minimum atomic E-state index is -4.97.